The van der Waals surface area contributed by atoms with Gasteiger partial charge in [0, 0.05) is 32.6 Å². The summed E-state index contributed by atoms with van der Waals surface area (Å²) in [6, 6.07) is 22.3. The number of nitrogens with zero attached hydrogens (tertiary/aromatic N) is 4. The summed E-state index contributed by atoms with van der Waals surface area (Å²) in [5.74, 6) is -1.23. The third-order valence-electron chi connectivity index (χ3n) is 6.61. The lowest BCUT2D eigenvalue weighted by atomic mass is 9.98. The Balaban J connectivity index is 1.35. The van der Waals surface area contributed by atoms with Gasteiger partial charge in [-0.15, -0.1) is 0 Å². The van der Waals surface area contributed by atoms with Crippen molar-refractivity contribution in [2.24, 2.45) is 10.1 Å². The van der Waals surface area contributed by atoms with Gasteiger partial charge in [0.15, 0.2) is 5.17 Å². The number of hydrogen-bond acceptors (Lipinski definition) is 6. The molecule has 206 valence electrons. The zero-order chi connectivity index (χ0) is 28.4. The molecule has 7 nitrogen and oxygen atoms in total. The minimum absolute atomic E-state index is 0.225. The van der Waals surface area contributed by atoms with E-state index in [4.69, 9.17) is 5.10 Å². The Bertz CT molecular complexity index is 1470. The van der Waals surface area contributed by atoms with Gasteiger partial charge >= 0.3 is 6.18 Å². The number of anilines is 2. The van der Waals surface area contributed by atoms with Gasteiger partial charge in [-0.05, 0) is 35.4 Å². The van der Waals surface area contributed by atoms with Gasteiger partial charge in [-0.25, -0.2) is 5.01 Å². The van der Waals surface area contributed by atoms with Gasteiger partial charge in [0.05, 0.1) is 23.0 Å². The number of carbonyl (C=O) groups is 2. The first-order valence-electron chi connectivity index (χ1n) is 12.5. The second kappa shape index (κ2) is 11.2. The number of nitrogens with one attached hydrogen (secondary N) is 1. The van der Waals surface area contributed by atoms with Crippen molar-refractivity contribution in [3.63, 3.8) is 0 Å². The van der Waals surface area contributed by atoms with Crippen LogP contribution in [0.4, 0.5) is 24.5 Å². The lowest BCUT2D eigenvalue weighted by Crippen LogP contribution is -2.25. The van der Waals surface area contributed by atoms with E-state index in [0.29, 0.717) is 11.6 Å². The van der Waals surface area contributed by atoms with Gasteiger partial charge in [-0.1, -0.05) is 66.4 Å². The maximum atomic E-state index is 13.3. The van der Waals surface area contributed by atoms with E-state index in [-0.39, 0.29) is 18.2 Å². The summed E-state index contributed by atoms with van der Waals surface area (Å²) >= 11 is 1.10. The second-order valence-electron chi connectivity index (χ2n) is 9.60. The van der Waals surface area contributed by atoms with Crippen LogP contribution in [0.25, 0.3) is 0 Å². The normalized spacial score (nSPS) is 18.9. The van der Waals surface area contributed by atoms with Crippen LogP contribution < -0.4 is 10.2 Å². The van der Waals surface area contributed by atoms with Crippen molar-refractivity contribution < 1.29 is 22.8 Å². The van der Waals surface area contributed by atoms with E-state index in [1.807, 2.05) is 73.6 Å². The van der Waals surface area contributed by atoms with E-state index in [0.717, 1.165) is 40.4 Å². The number of hydrogen-bond donors (Lipinski definition) is 1. The first-order chi connectivity index (χ1) is 19.1. The molecule has 2 amide bonds. The molecule has 2 aliphatic rings. The lowest BCUT2D eigenvalue weighted by Gasteiger charge is -2.24. The number of amides is 2. The van der Waals surface area contributed by atoms with Gasteiger partial charge < -0.3 is 10.2 Å². The zero-order valence-electron chi connectivity index (χ0n) is 21.7. The second-order valence-corrected chi connectivity index (χ2v) is 10.8. The van der Waals surface area contributed by atoms with E-state index >= 15 is 0 Å². The molecule has 11 heteroatoms. The van der Waals surface area contributed by atoms with Gasteiger partial charge in [-0.3, -0.25) is 9.59 Å². The fourth-order valence-corrected chi connectivity index (χ4v) is 5.62. The van der Waals surface area contributed by atoms with E-state index in [9.17, 15) is 22.8 Å². The Hall–Kier alpha value is -4.12. The molecule has 0 bridgehead atoms. The van der Waals surface area contributed by atoms with Gasteiger partial charge in [0.25, 0.3) is 5.91 Å². The highest BCUT2D eigenvalue weighted by molar-refractivity contribution is 8.15. The Morgan fingerprint density at radius 1 is 1.02 bits per heavy atom. The number of amidine groups is 1. The highest BCUT2D eigenvalue weighted by Gasteiger charge is 2.39. The number of halogens is 3. The summed E-state index contributed by atoms with van der Waals surface area (Å²) in [5.41, 5.74) is 2.51. The van der Waals surface area contributed by atoms with Gasteiger partial charge in [0.1, 0.15) is 5.25 Å². The van der Waals surface area contributed by atoms with Crippen molar-refractivity contribution in [3.8, 4) is 0 Å². The van der Waals surface area contributed by atoms with Crippen LogP contribution in [0.15, 0.2) is 89.0 Å². The molecule has 0 aliphatic carbocycles. The molecule has 0 spiro atoms. The van der Waals surface area contributed by atoms with Crippen molar-refractivity contribution in [3.05, 3.63) is 95.6 Å². The molecule has 40 heavy (non-hydrogen) atoms. The molecule has 5 rings (SSSR count). The molecular weight excluding hydrogens is 539 g/mol. The van der Waals surface area contributed by atoms with Crippen LogP contribution in [0.5, 0.6) is 0 Å². The number of rotatable bonds is 6. The van der Waals surface area contributed by atoms with Crippen LogP contribution in [-0.4, -0.2) is 47.0 Å². The minimum Gasteiger partial charge on any atom is -0.378 e. The van der Waals surface area contributed by atoms with Crippen molar-refractivity contribution in [1.82, 2.24) is 5.01 Å². The van der Waals surface area contributed by atoms with Crippen LogP contribution in [0.3, 0.4) is 0 Å². The number of alkyl halides is 3. The van der Waals surface area contributed by atoms with E-state index in [1.54, 1.807) is 5.01 Å². The molecule has 0 saturated carbocycles. The predicted octanol–water partition coefficient (Wildman–Crippen LogP) is 5.95. The van der Waals surface area contributed by atoms with Gasteiger partial charge in [-0.2, -0.15) is 23.3 Å². The molecule has 3 aromatic rings. The molecule has 2 atom stereocenters. The van der Waals surface area contributed by atoms with Crippen LogP contribution in [0.2, 0.25) is 0 Å². The van der Waals surface area contributed by atoms with Crippen LogP contribution in [0, 0.1) is 0 Å². The maximum Gasteiger partial charge on any atom is 0.418 e. The number of para-hydroxylation sites is 1. The van der Waals surface area contributed by atoms with Crippen molar-refractivity contribution in [1.29, 1.82) is 0 Å². The molecule has 2 aliphatic heterocycles. The van der Waals surface area contributed by atoms with E-state index in [2.05, 4.69) is 10.3 Å². The molecular formula is C29H26F3N5O2S. The topological polar surface area (TPSA) is 77.4 Å². The molecule has 2 heterocycles. The highest BCUT2D eigenvalue weighted by Crippen LogP contribution is 2.39. The zero-order valence-corrected chi connectivity index (χ0v) is 22.5. The summed E-state index contributed by atoms with van der Waals surface area (Å²) in [4.78, 5) is 31.7. The number of aliphatic imine (C=N–C) groups is 1. The van der Waals surface area contributed by atoms with Crippen LogP contribution in [0.1, 0.15) is 35.6 Å². The van der Waals surface area contributed by atoms with Crippen LogP contribution in [-0.2, 0) is 15.8 Å². The molecule has 1 N–H and O–H groups in total. The smallest absolute Gasteiger partial charge is 0.378 e. The third-order valence-corrected chi connectivity index (χ3v) is 7.76. The molecule has 0 fully saturated rings. The average molecular weight is 566 g/mol. The molecule has 3 aromatic carbocycles. The van der Waals surface area contributed by atoms with Crippen molar-refractivity contribution in [2.45, 2.75) is 30.3 Å². The highest BCUT2D eigenvalue weighted by atomic mass is 32.2. The Morgan fingerprint density at radius 2 is 1.70 bits per heavy atom. The summed E-state index contributed by atoms with van der Waals surface area (Å²) in [6.45, 7) is 0. The van der Waals surface area contributed by atoms with Gasteiger partial charge in [0.2, 0.25) is 5.91 Å². The molecule has 0 radical (unpaired) electrons. The summed E-state index contributed by atoms with van der Waals surface area (Å²) < 4.78 is 40.0. The SMILES string of the molecule is CN(C)c1ccc(C2CC(c3ccccc3)=NN2C2=NC(=O)C(CC(=O)Nc3ccccc3C(F)(F)F)S2)cc1. The Kier molecular flexibility index (Phi) is 7.66. The number of benzene rings is 3. The lowest BCUT2D eigenvalue weighted by molar-refractivity contribution is -0.137. The first kappa shape index (κ1) is 27.4. The minimum atomic E-state index is -4.62. The standard InChI is InChI=1S/C29H26F3N5O2S/c1-36(2)20-14-12-19(13-15-20)24-16-23(18-8-4-3-5-9-18)35-37(24)28-34-27(39)25(40-28)17-26(38)33-22-11-7-6-10-21(22)29(30,31)32/h3-15,24-25H,16-17H2,1-2H3,(H,33,38). The van der Waals surface area contributed by atoms with Crippen molar-refractivity contribution in [2.75, 3.05) is 24.3 Å². The number of carbonyl (C=O) groups excluding carboxylic acids is 2. The summed E-state index contributed by atoms with van der Waals surface area (Å²) in [6.07, 6.45) is -4.37. The fourth-order valence-electron chi connectivity index (χ4n) is 4.56. The number of hydrazone groups is 1. The first-order valence-corrected chi connectivity index (χ1v) is 13.4. The van der Waals surface area contributed by atoms with Crippen molar-refractivity contribution >= 4 is 45.8 Å². The average Bonchev–Trinajstić information content (AvgIpc) is 3.53. The van der Waals surface area contributed by atoms with E-state index < -0.39 is 28.8 Å². The monoisotopic (exact) mass is 565 g/mol. The van der Waals surface area contributed by atoms with E-state index in [1.165, 1.54) is 18.2 Å². The predicted molar refractivity (Wildman–Crippen MR) is 151 cm³/mol. The Labute approximate surface area is 233 Å². The number of thioether (sulfide) groups is 1. The van der Waals surface area contributed by atoms with Crippen LogP contribution >= 0.6 is 11.8 Å². The summed E-state index contributed by atoms with van der Waals surface area (Å²) in [5, 5.41) is 8.32. The third kappa shape index (κ3) is 5.89. The maximum absolute atomic E-state index is 13.3. The Morgan fingerprint density at radius 3 is 2.38 bits per heavy atom. The largest absolute Gasteiger partial charge is 0.418 e. The molecule has 0 saturated heterocycles. The quantitative estimate of drug-likeness (QED) is 0.400. The molecule has 2 unspecified atom stereocenters. The summed E-state index contributed by atoms with van der Waals surface area (Å²) in [7, 11) is 3.92. The fraction of sp³-hybridized carbons (Fsp3) is 0.241. The molecule has 0 aromatic heterocycles.